The Morgan fingerprint density at radius 3 is 2.63 bits per heavy atom. The summed E-state index contributed by atoms with van der Waals surface area (Å²) in [5, 5.41) is 6.00. The summed E-state index contributed by atoms with van der Waals surface area (Å²) in [4.78, 5) is 29.8. The van der Waals surface area contributed by atoms with Gasteiger partial charge in [0.05, 0.1) is 17.1 Å². The Kier molecular flexibility index (Phi) is 13.4. The lowest BCUT2D eigenvalue weighted by atomic mass is 9.98. The Balaban J connectivity index is 2.30. The summed E-state index contributed by atoms with van der Waals surface area (Å²) in [5.74, 6) is -0.637. The Labute approximate surface area is 231 Å². The zero-order valence-corrected chi connectivity index (χ0v) is 24.3. The number of hydrogen-bond donors (Lipinski definition) is 2. The third-order valence-electron chi connectivity index (χ3n) is 6.04. The van der Waals surface area contributed by atoms with Crippen molar-refractivity contribution >= 4 is 23.3 Å². The molecular weight excluding hydrogens is 498 g/mol. The number of fused-ring (bicyclic) bond motifs is 2. The number of nitrogens with two attached hydrogens (primary N) is 1. The fraction of sp³-hybridized carbons (Fsp3) is 0.500. The third-order valence-corrected chi connectivity index (χ3v) is 6.93. The molecule has 0 aliphatic carbocycles. The summed E-state index contributed by atoms with van der Waals surface area (Å²) < 4.78 is 11.4. The fourth-order valence-corrected chi connectivity index (χ4v) is 5.04. The fourth-order valence-electron chi connectivity index (χ4n) is 4.08. The van der Waals surface area contributed by atoms with E-state index in [9.17, 15) is 9.59 Å². The van der Waals surface area contributed by atoms with Crippen LogP contribution in [0.15, 0.2) is 64.6 Å². The molecule has 1 aromatic heterocycles. The van der Waals surface area contributed by atoms with Crippen molar-refractivity contribution < 1.29 is 19.1 Å². The molecule has 0 radical (unpaired) electrons. The van der Waals surface area contributed by atoms with Gasteiger partial charge in [0.2, 0.25) is 0 Å². The van der Waals surface area contributed by atoms with Gasteiger partial charge in [-0.2, -0.15) is 0 Å². The number of carbonyl (C=O) groups is 2. The summed E-state index contributed by atoms with van der Waals surface area (Å²) in [5.41, 5.74) is 10.3. The van der Waals surface area contributed by atoms with E-state index in [0.717, 1.165) is 34.0 Å². The molecule has 0 spiro atoms. The molecule has 0 amide bonds. The number of thiazole rings is 1. The highest BCUT2D eigenvalue weighted by molar-refractivity contribution is 7.09. The molecule has 0 fully saturated rings. The van der Waals surface area contributed by atoms with E-state index in [-0.39, 0.29) is 30.5 Å². The summed E-state index contributed by atoms with van der Waals surface area (Å²) >= 11 is 1.54. The number of carbonyl (C=O) groups excluding carboxylic acids is 2. The third kappa shape index (κ3) is 12.2. The van der Waals surface area contributed by atoms with Crippen LogP contribution < -0.4 is 11.1 Å². The maximum absolute atomic E-state index is 12.7. The van der Waals surface area contributed by atoms with Gasteiger partial charge >= 0.3 is 11.9 Å². The number of likely N-dealkylation sites (N-methyl/N-ethyl adjacent to an activating group) is 1. The Morgan fingerprint density at radius 2 is 1.89 bits per heavy atom. The smallest absolute Gasteiger partial charge is 0.331 e. The van der Waals surface area contributed by atoms with Gasteiger partial charge in [-0.3, -0.25) is 4.79 Å². The van der Waals surface area contributed by atoms with E-state index in [4.69, 9.17) is 20.2 Å². The van der Waals surface area contributed by atoms with Gasteiger partial charge in [0, 0.05) is 42.8 Å². The molecule has 0 saturated heterocycles. The van der Waals surface area contributed by atoms with Crippen molar-refractivity contribution in [3.05, 3.63) is 75.3 Å². The highest BCUT2D eigenvalue weighted by Crippen LogP contribution is 2.25. The van der Waals surface area contributed by atoms with Gasteiger partial charge in [-0.25, -0.2) is 9.78 Å². The van der Waals surface area contributed by atoms with Crippen LogP contribution in [0.5, 0.6) is 0 Å². The van der Waals surface area contributed by atoms with E-state index in [1.165, 1.54) is 17.4 Å². The van der Waals surface area contributed by atoms with Crippen molar-refractivity contribution in [2.24, 2.45) is 5.73 Å². The standard InChI is InChI=1S/C30H43N3O4S/c1-20(12-13-32-6)10-11-22(3)15-26-18-28-33-27(19-38-28)23(4)16-25(31)17-30(35)36-24(5)14-21(2)8-7-9-29(34)37-26/h7-12,15,19,23-26,32H,13-14,16-18,31H2,1-6H3/b9-7-,11-10+,20-12+,21-8+,22-15+. The summed E-state index contributed by atoms with van der Waals surface area (Å²) in [6, 6.07) is -0.312. The van der Waals surface area contributed by atoms with Crippen molar-refractivity contribution in [3.63, 3.8) is 0 Å². The molecule has 3 N–H and O–H groups in total. The highest BCUT2D eigenvalue weighted by atomic mass is 32.1. The second-order valence-electron chi connectivity index (χ2n) is 10.1. The van der Waals surface area contributed by atoms with Crippen LogP contribution in [0.4, 0.5) is 0 Å². The first-order valence-electron chi connectivity index (χ1n) is 13.2. The average molecular weight is 542 g/mol. The first-order valence-corrected chi connectivity index (χ1v) is 14.0. The van der Waals surface area contributed by atoms with Gasteiger partial charge in [-0.15, -0.1) is 11.3 Å². The zero-order valence-electron chi connectivity index (χ0n) is 23.5. The number of hydrogen-bond acceptors (Lipinski definition) is 8. The van der Waals surface area contributed by atoms with Crippen LogP contribution in [-0.4, -0.2) is 48.8 Å². The van der Waals surface area contributed by atoms with E-state index < -0.39 is 12.1 Å². The van der Waals surface area contributed by atoms with Gasteiger partial charge in [0.1, 0.15) is 12.2 Å². The van der Waals surface area contributed by atoms with Crippen molar-refractivity contribution in [1.82, 2.24) is 10.3 Å². The van der Waals surface area contributed by atoms with Crippen molar-refractivity contribution in [3.8, 4) is 0 Å². The number of nitrogens with one attached hydrogen (secondary N) is 1. The average Bonchev–Trinajstić information content (AvgIpc) is 3.29. The molecule has 38 heavy (non-hydrogen) atoms. The number of allylic oxidation sites excluding steroid dienone is 6. The predicted molar refractivity (Wildman–Crippen MR) is 155 cm³/mol. The van der Waals surface area contributed by atoms with Crippen molar-refractivity contribution in [2.45, 2.75) is 84.5 Å². The lowest BCUT2D eigenvalue weighted by molar-refractivity contribution is -0.148. The number of rotatable bonds is 5. The van der Waals surface area contributed by atoms with Gasteiger partial charge in [0.15, 0.2) is 0 Å². The SMILES string of the molecule is CNC/C=C(C)/C=C/C(C)=C/C1Cc2nc(cs2)C(C)CC(N)CC(=O)OC(C)C/C(C)=C/C=C\C(=O)O1. The van der Waals surface area contributed by atoms with Crippen LogP contribution in [0.2, 0.25) is 0 Å². The maximum atomic E-state index is 12.7. The molecular formula is C30H43N3O4S. The van der Waals surface area contributed by atoms with Gasteiger partial charge in [-0.05, 0) is 47.2 Å². The van der Waals surface area contributed by atoms with E-state index in [0.29, 0.717) is 19.3 Å². The Hall–Kier alpha value is -2.81. The van der Waals surface area contributed by atoms with Crippen LogP contribution in [0.1, 0.15) is 70.5 Å². The molecule has 208 valence electrons. The van der Waals surface area contributed by atoms with Crippen LogP contribution in [0.25, 0.3) is 0 Å². The minimum Gasteiger partial charge on any atom is -0.462 e. The predicted octanol–water partition coefficient (Wildman–Crippen LogP) is 5.31. The molecule has 2 bridgehead atoms. The van der Waals surface area contributed by atoms with Crippen LogP contribution in [0.3, 0.4) is 0 Å². The second-order valence-corrected chi connectivity index (χ2v) is 11.0. The van der Waals surface area contributed by atoms with E-state index >= 15 is 0 Å². The molecule has 1 aliphatic heterocycles. The first kappa shape index (κ1) is 31.4. The highest BCUT2D eigenvalue weighted by Gasteiger charge is 2.20. The molecule has 4 atom stereocenters. The minimum absolute atomic E-state index is 0.0870. The van der Waals surface area contributed by atoms with Crippen molar-refractivity contribution in [2.75, 3.05) is 13.6 Å². The largest absolute Gasteiger partial charge is 0.462 e. The monoisotopic (exact) mass is 541 g/mol. The Morgan fingerprint density at radius 1 is 1.16 bits per heavy atom. The van der Waals surface area contributed by atoms with E-state index in [1.807, 2.05) is 64.4 Å². The molecule has 4 unspecified atom stereocenters. The molecule has 1 aromatic rings. The molecule has 7 nitrogen and oxygen atoms in total. The van der Waals surface area contributed by atoms with Gasteiger partial charge in [-0.1, -0.05) is 54.0 Å². The lowest BCUT2D eigenvalue weighted by Crippen LogP contribution is -2.28. The summed E-state index contributed by atoms with van der Waals surface area (Å²) in [6.07, 6.45) is 14.1. The number of ether oxygens (including phenoxy) is 2. The molecule has 2 rings (SSSR count). The lowest BCUT2D eigenvalue weighted by Gasteiger charge is -2.18. The van der Waals surface area contributed by atoms with Crippen molar-refractivity contribution in [1.29, 1.82) is 0 Å². The molecule has 2 heterocycles. The van der Waals surface area contributed by atoms with E-state index in [2.05, 4.69) is 18.3 Å². The number of esters is 2. The van der Waals surface area contributed by atoms with E-state index in [1.54, 1.807) is 6.08 Å². The van der Waals surface area contributed by atoms with Crippen LogP contribution in [-0.2, 0) is 25.5 Å². The topological polar surface area (TPSA) is 104 Å². The van der Waals surface area contributed by atoms with Crippen LogP contribution >= 0.6 is 11.3 Å². The summed E-state index contributed by atoms with van der Waals surface area (Å²) in [6.45, 7) is 10.7. The minimum atomic E-state index is -0.465. The second kappa shape index (κ2) is 16.2. The Bertz CT molecular complexity index is 1080. The number of cyclic esters (lactones) is 2. The molecule has 0 saturated carbocycles. The first-order chi connectivity index (χ1) is 18.0. The molecule has 8 heteroatoms. The number of aromatic nitrogens is 1. The van der Waals surface area contributed by atoms with Gasteiger partial charge < -0.3 is 20.5 Å². The quantitative estimate of drug-likeness (QED) is 0.384. The number of nitrogens with zero attached hydrogens (tertiary/aromatic N) is 1. The maximum Gasteiger partial charge on any atom is 0.331 e. The molecule has 1 aliphatic rings. The zero-order chi connectivity index (χ0) is 28.1. The van der Waals surface area contributed by atoms with Crippen LogP contribution in [0, 0.1) is 0 Å². The van der Waals surface area contributed by atoms with Gasteiger partial charge in [0.25, 0.3) is 0 Å². The molecule has 0 aromatic carbocycles. The summed E-state index contributed by atoms with van der Waals surface area (Å²) in [7, 11) is 1.91. The normalized spacial score (nSPS) is 27.5.